The Labute approximate surface area is 126 Å². The van der Waals surface area contributed by atoms with Gasteiger partial charge in [0.2, 0.25) is 0 Å². The molecule has 3 rings (SSSR count). The number of hydrogen-bond acceptors (Lipinski definition) is 4. The van der Waals surface area contributed by atoms with Gasteiger partial charge in [-0.25, -0.2) is 9.97 Å². The summed E-state index contributed by atoms with van der Waals surface area (Å²) < 4.78 is 6.58. The van der Waals surface area contributed by atoms with E-state index in [-0.39, 0.29) is 6.10 Å². The summed E-state index contributed by atoms with van der Waals surface area (Å²) in [6, 6.07) is 10.1. The van der Waals surface area contributed by atoms with Crippen molar-refractivity contribution in [3.05, 3.63) is 40.6 Å². The van der Waals surface area contributed by atoms with E-state index in [9.17, 15) is 0 Å². The maximum Gasteiger partial charge on any atom is 0.160 e. The van der Waals surface area contributed by atoms with Gasteiger partial charge in [-0.1, -0.05) is 30.3 Å². The summed E-state index contributed by atoms with van der Waals surface area (Å²) in [6.45, 7) is 0.791. The topological polar surface area (TPSA) is 47.0 Å². The molecule has 2 heterocycles. The lowest BCUT2D eigenvalue weighted by Crippen LogP contribution is -2.08. The van der Waals surface area contributed by atoms with Crippen LogP contribution >= 0.6 is 15.9 Å². The van der Waals surface area contributed by atoms with Gasteiger partial charge in [-0.05, 0) is 28.8 Å². The minimum atomic E-state index is 0.0117. The monoisotopic (exact) mass is 333 g/mol. The van der Waals surface area contributed by atoms with Crippen molar-refractivity contribution in [1.82, 2.24) is 9.97 Å². The Kier molecular flexibility index (Phi) is 3.98. The molecule has 4 nitrogen and oxygen atoms in total. The molecule has 0 saturated carbocycles. The summed E-state index contributed by atoms with van der Waals surface area (Å²) in [4.78, 5) is 9.28. The third-order valence-electron chi connectivity index (χ3n) is 3.37. The molecule has 1 saturated heterocycles. The van der Waals surface area contributed by atoms with E-state index in [2.05, 4.69) is 26.2 Å². The van der Waals surface area contributed by atoms with Gasteiger partial charge < -0.3 is 10.1 Å². The zero-order valence-electron chi connectivity index (χ0n) is 11.3. The third-order valence-corrected chi connectivity index (χ3v) is 4.12. The fraction of sp³-hybridized carbons (Fsp3) is 0.333. The van der Waals surface area contributed by atoms with E-state index < -0.39 is 0 Å². The minimum absolute atomic E-state index is 0.0117. The highest BCUT2D eigenvalue weighted by molar-refractivity contribution is 9.10. The summed E-state index contributed by atoms with van der Waals surface area (Å²) in [5.74, 6) is 1.55. The van der Waals surface area contributed by atoms with Crippen LogP contribution in [0.5, 0.6) is 0 Å². The molecule has 0 spiro atoms. The fourth-order valence-corrected chi connectivity index (χ4v) is 2.95. The number of nitrogens with one attached hydrogen (secondary N) is 1. The first-order valence-corrected chi connectivity index (χ1v) is 7.51. The minimum Gasteiger partial charge on any atom is -0.372 e. The summed E-state index contributed by atoms with van der Waals surface area (Å²) >= 11 is 3.59. The van der Waals surface area contributed by atoms with Crippen molar-refractivity contribution in [2.75, 3.05) is 19.0 Å². The molecule has 1 N–H and O–H groups in total. The Morgan fingerprint density at radius 2 is 2.05 bits per heavy atom. The van der Waals surface area contributed by atoms with E-state index in [0.717, 1.165) is 46.8 Å². The van der Waals surface area contributed by atoms with Gasteiger partial charge in [0, 0.05) is 19.2 Å². The van der Waals surface area contributed by atoms with Gasteiger partial charge in [-0.2, -0.15) is 0 Å². The normalized spacial score (nSPS) is 18.2. The highest BCUT2D eigenvalue weighted by atomic mass is 79.9. The van der Waals surface area contributed by atoms with Crippen molar-refractivity contribution in [2.24, 2.45) is 0 Å². The molecule has 0 bridgehead atoms. The highest BCUT2D eigenvalue weighted by Crippen LogP contribution is 2.35. The lowest BCUT2D eigenvalue weighted by atomic mass is 10.1. The van der Waals surface area contributed by atoms with Crippen LogP contribution in [-0.4, -0.2) is 23.6 Å². The number of ether oxygens (including phenoxy) is 1. The summed E-state index contributed by atoms with van der Waals surface area (Å²) in [7, 11) is 1.86. The molecule has 104 valence electrons. The maximum absolute atomic E-state index is 5.70. The second-order valence-corrected chi connectivity index (χ2v) is 5.50. The van der Waals surface area contributed by atoms with Crippen LogP contribution in [0.25, 0.3) is 11.3 Å². The number of halogens is 1. The number of hydrogen-bond donors (Lipinski definition) is 1. The van der Waals surface area contributed by atoms with Gasteiger partial charge in [0.25, 0.3) is 0 Å². The van der Waals surface area contributed by atoms with E-state index in [0.29, 0.717) is 0 Å². The predicted molar refractivity (Wildman–Crippen MR) is 82.6 cm³/mol. The number of aromatic nitrogens is 2. The molecule has 2 aromatic rings. The Bertz CT molecular complexity index is 598. The van der Waals surface area contributed by atoms with Gasteiger partial charge in [0.05, 0.1) is 10.2 Å². The lowest BCUT2D eigenvalue weighted by Gasteiger charge is -2.14. The molecule has 20 heavy (non-hydrogen) atoms. The van der Waals surface area contributed by atoms with Gasteiger partial charge in [0.15, 0.2) is 5.82 Å². The number of anilines is 1. The Hall–Kier alpha value is -1.46. The number of benzene rings is 1. The van der Waals surface area contributed by atoms with Gasteiger partial charge in [-0.15, -0.1) is 0 Å². The molecule has 0 amide bonds. The first-order chi connectivity index (χ1) is 9.79. The van der Waals surface area contributed by atoms with E-state index in [1.54, 1.807) is 0 Å². The molecule has 1 unspecified atom stereocenters. The Morgan fingerprint density at radius 3 is 2.70 bits per heavy atom. The van der Waals surface area contributed by atoms with Crippen LogP contribution in [0, 0.1) is 0 Å². The van der Waals surface area contributed by atoms with Crippen molar-refractivity contribution in [3.8, 4) is 11.3 Å². The number of nitrogens with zero attached hydrogens (tertiary/aromatic N) is 2. The predicted octanol–water partition coefficient (Wildman–Crippen LogP) is 3.80. The first kappa shape index (κ1) is 13.5. The second-order valence-electron chi connectivity index (χ2n) is 4.71. The average molecular weight is 334 g/mol. The molecule has 1 aromatic carbocycles. The molecule has 1 atom stereocenters. The van der Waals surface area contributed by atoms with Crippen LogP contribution in [0.15, 0.2) is 34.8 Å². The van der Waals surface area contributed by atoms with Crippen molar-refractivity contribution < 1.29 is 4.74 Å². The first-order valence-electron chi connectivity index (χ1n) is 6.72. The van der Waals surface area contributed by atoms with E-state index in [4.69, 9.17) is 9.72 Å². The van der Waals surface area contributed by atoms with E-state index in [1.807, 2.05) is 37.4 Å². The van der Waals surface area contributed by atoms with E-state index in [1.165, 1.54) is 0 Å². The Balaban J connectivity index is 2.10. The molecule has 1 aromatic heterocycles. The van der Waals surface area contributed by atoms with Crippen molar-refractivity contribution in [1.29, 1.82) is 0 Å². The smallest absolute Gasteiger partial charge is 0.160 e. The van der Waals surface area contributed by atoms with E-state index >= 15 is 0 Å². The molecule has 5 heteroatoms. The van der Waals surface area contributed by atoms with Crippen molar-refractivity contribution in [2.45, 2.75) is 18.9 Å². The lowest BCUT2D eigenvalue weighted by molar-refractivity contribution is 0.105. The second kappa shape index (κ2) is 5.89. The molecule has 0 radical (unpaired) electrons. The maximum atomic E-state index is 5.70. The highest BCUT2D eigenvalue weighted by Gasteiger charge is 2.23. The molecular weight excluding hydrogens is 318 g/mol. The molecule has 1 aliphatic rings. The van der Waals surface area contributed by atoms with Gasteiger partial charge >= 0.3 is 0 Å². The van der Waals surface area contributed by atoms with Gasteiger partial charge in [0.1, 0.15) is 11.9 Å². The summed E-state index contributed by atoms with van der Waals surface area (Å²) in [6.07, 6.45) is 2.07. The van der Waals surface area contributed by atoms with Crippen LogP contribution in [-0.2, 0) is 4.74 Å². The largest absolute Gasteiger partial charge is 0.372 e. The molecule has 1 aliphatic heterocycles. The Morgan fingerprint density at radius 1 is 1.25 bits per heavy atom. The quantitative estimate of drug-likeness (QED) is 0.927. The zero-order chi connectivity index (χ0) is 13.9. The van der Waals surface area contributed by atoms with Gasteiger partial charge in [-0.3, -0.25) is 0 Å². The van der Waals surface area contributed by atoms with Crippen LogP contribution in [0.2, 0.25) is 0 Å². The fourth-order valence-electron chi connectivity index (χ4n) is 2.34. The molecule has 1 fully saturated rings. The van der Waals surface area contributed by atoms with Crippen LogP contribution in [0.4, 0.5) is 5.82 Å². The summed E-state index contributed by atoms with van der Waals surface area (Å²) in [5.41, 5.74) is 1.97. The van der Waals surface area contributed by atoms with Crippen molar-refractivity contribution >= 4 is 21.7 Å². The molecular formula is C15H16BrN3O. The standard InChI is InChI=1S/C15H16BrN3O/c1-17-15-12(16)13(10-6-3-2-4-7-10)18-14(19-15)11-8-5-9-20-11/h2-4,6-7,11H,5,8-9H2,1H3,(H,17,18,19). The third kappa shape index (κ3) is 2.55. The SMILES string of the molecule is CNc1nc(C2CCCO2)nc(-c2ccccc2)c1Br. The molecule has 0 aliphatic carbocycles. The zero-order valence-corrected chi connectivity index (χ0v) is 12.9. The van der Waals surface area contributed by atoms with Crippen LogP contribution in [0.3, 0.4) is 0 Å². The summed E-state index contributed by atoms with van der Waals surface area (Å²) in [5, 5.41) is 3.12. The number of rotatable bonds is 3. The van der Waals surface area contributed by atoms with Crippen LogP contribution < -0.4 is 5.32 Å². The van der Waals surface area contributed by atoms with Crippen LogP contribution in [0.1, 0.15) is 24.8 Å². The average Bonchev–Trinajstić information content (AvgIpc) is 3.03. The van der Waals surface area contributed by atoms with Crippen molar-refractivity contribution in [3.63, 3.8) is 0 Å².